The number of piperazine rings is 1. The van der Waals surface area contributed by atoms with Crippen LogP contribution in [0.5, 0.6) is 5.75 Å². The summed E-state index contributed by atoms with van der Waals surface area (Å²) in [6, 6.07) is 4.68. The van der Waals surface area contributed by atoms with E-state index in [1.807, 2.05) is 14.1 Å². The van der Waals surface area contributed by atoms with Gasteiger partial charge in [0.15, 0.2) is 0 Å². The van der Waals surface area contributed by atoms with Crippen LogP contribution in [0.1, 0.15) is 37.3 Å². The molecule has 1 aromatic carbocycles. The Balaban J connectivity index is 1.84. The van der Waals surface area contributed by atoms with Crippen molar-refractivity contribution in [3.05, 3.63) is 29.8 Å². The molecule has 2 heterocycles. The monoisotopic (exact) mass is 433 g/mol. The highest BCUT2D eigenvalue weighted by atomic mass is 16.5. The molecule has 3 rings (SSSR count). The molecular formula is C22H31N3O6. The molecule has 9 heteroatoms. The smallest absolute Gasteiger partial charge is 0.309 e. The largest absolute Gasteiger partial charge is 0.491 e. The van der Waals surface area contributed by atoms with Gasteiger partial charge in [-0.15, -0.1) is 0 Å². The van der Waals surface area contributed by atoms with Crippen LogP contribution in [0.4, 0.5) is 0 Å². The van der Waals surface area contributed by atoms with E-state index in [9.17, 15) is 19.5 Å². The molecule has 3 N–H and O–H groups in total. The molecule has 0 aromatic heterocycles. The molecule has 0 bridgehead atoms. The minimum atomic E-state index is -1.04. The molecule has 0 saturated carbocycles. The van der Waals surface area contributed by atoms with Gasteiger partial charge in [-0.05, 0) is 64.0 Å². The Morgan fingerprint density at radius 1 is 1.29 bits per heavy atom. The van der Waals surface area contributed by atoms with Gasteiger partial charge < -0.3 is 30.1 Å². The van der Waals surface area contributed by atoms with E-state index >= 15 is 0 Å². The number of hydrogen-bond donors (Lipinski definition) is 3. The third-order valence-corrected chi connectivity index (χ3v) is 5.89. The number of carboxylic acid groups (broad SMARTS) is 1. The van der Waals surface area contributed by atoms with Crippen LogP contribution < -0.4 is 10.1 Å². The Kier molecular flexibility index (Phi) is 7.50. The van der Waals surface area contributed by atoms with Crippen LogP contribution in [0.25, 0.3) is 0 Å². The Morgan fingerprint density at radius 2 is 2.06 bits per heavy atom. The number of carboxylic acids is 1. The van der Waals surface area contributed by atoms with Gasteiger partial charge in [0.2, 0.25) is 11.8 Å². The average Bonchev–Trinajstić information content (AvgIpc) is 3.15. The number of amides is 2. The normalized spacial score (nSPS) is 25.5. The SMILES string of the molecule is CN(C)CCCC[C@@H]1NC(=O)[C@@H]2C[C@H](C(=O)O)[C@H](c3cccc(OCCO)c3)N2C1=O. The molecule has 0 aliphatic carbocycles. The fourth-order valence-electron chi connectivity index (χ4n) is 4.46. The van der Waals surface area contributed by atoms with Crippen molar-refractivity contribution >= 4 is 17.8 Å². The number of nitrogens with one attached hydrogen (secondary N) is 1. The molecule has 0 unspecified atom stereocenters. The molecule has 170 valence electrons. The van der Waals surface area contributed by atoms with Gasteiger partial charge in [0.25, 0.3) is 0 Å². The van der Waals surface area contributed by atoms with Crippen molar-refractivity contribution in [2.45, 2.75) is 43.8 Å². The number of fused-ring (bicyclic) bond motifs is 1. The number of ether oxygens (including phenoxy) is 1. The lowest BCUT2D eigenvalue weighted by atomic mass is 9.93. The van der Waals surface area contributed by atoms with Crippen molar-refractivity contribution < 1.29 is 29.3 Å². The minimum absolute atomic E-state index is 0.0760. The lowest BCUT2D eigenvalue weighted by Gasteiger charge is -2.38. The molecule has 4 atom stereocenters. The second-order valence-electron chi connectivity index (χ2n) is 8.39. The van der Waals surface area contributed by atoms with Crippen LogP contribution >= 0.6 is 0 Å². The van der Waals surface area contributed by atoms with E-state index in [4.69, 9.17) is 9.84 Å². The number of aliphatic carboxylic acids is 1. The molecule has 31 heavy (non-hydrogen) atoms. The van der Waals surface area contributed by atoms with Crippen molar-refractivity contribution in [2.75, 3.05) is 33.9 Å². The Hall–Kier alpha value is -2.65. The summed E-state index contributed by atoms with van der Waals surface area (Å²) in [6.45, 7) is 0.860. The Morgan fingerprint density at radius 3 is 2.74 bits per heavy atom. The first kappa shape index (κ1) is 23.0. The molecule has 2 amide bonds. The van der Waals surface area contributed by atoms with E-state index in [1.165, 1.54) is 4.90 Å². The van der Waals surface area contributed by atoms with Gasteiger partial charge >= 0.3 is 5.97 Å². The maximum Gasteiger partial charge on any atom is 0.309 e. The summed E-state index contributed by atoms with van der Waals surface area (Å²) < 4.78 is 5.46. The molecule has 2 saturated heterocycles. The van der Waals surface area contributed by atoms with E-state index in [2.05, 4.69) is 10.2 Å². The van der Waals surface area contributed by atoms with Crippen LogP contribution in [-0.2, 0) is 14.4 Å². The van der Waals surface area contributed by atoms with E-state index in [-0.39, 0.29) is 31.4 Å². The number of unbranched alkanes of at least 4 members (excludes halogenated alkanes) is 1. The molecular weight excluding hydrogens is 402 g/mol. The standard InChI is InChI=1S/C22H31N3O6/c1-24(2)9-4-3-8-17-21(28)25-18(20(27)23-17)13-16(22(29)30)19(25)14-6-5-7-15(12-14)31-11-10-26/h5-7,12,16-19,26H,3-4,8-11,13H2,1-2H3,(H,23,27)(H,29,30)/t16-,17-,18-,19-/m0/s1. The molecule has 0 spiro atoms. The summed E-state index contributed by atoms with van der Waals surface area (Å²) >= 11 is 0. The number of carbonyl (C=O) groups excluding carboxylic acids is 2. The topological polar surface area (TPSA) is 119 Å². The van der Waals surface area contributed by atoms with E-state index < -0.39 is 30.0 Å². The van der Waals surface area contributed by atoms with Crippen molar-refractivity contribution in [1.82, 2.24) is 15.1 Å². The number of nitrogens with zero attached hydrogens (tertiary/aromatic N) is 2. The third kappa shape index (κ3) is 5.16. The first-order valence-electron chi connectivity index (χ1n) is 10.7. The number of rotatable bonds is 10. The highest BCUT2D eigenvalue weighted by molar-refractivity contribution is 5.98. The van der Waals surface area contributed by atoms with Gasteiger partial charge in [0, 0.05) is 0 Å². The number of aliphatic hydroxyl groups is 1. The second-order valence-corrected chi connectivity index (χ2v) is 8.39. The quantitative estimate of drug-likeness (QED) is 0.463. The summed E-state index contributed by atoms with van der Waals surface area (Å²) in [5, 5.41) is 21.6. The van der Waals surface area contributed by atoms with Crippen LogP contribution in [0, 0.1) is 5.92 Å². The zero-order valence-corrected chi connectivity index (χ0v) is 18.0. The van der Waals surface area contributed by atoms with Gasteiger partial charge in [-0.3, -0.25) is 14.4 Å². The predicted molar refractivity (Wildman–Crippen MR) is 112 cm³/mol. The molecule has 2 aliphatic rings. The molecule has 1 aromatic rings. The van der Waals surface area contributed by atoms with Gasteiger partial charge in [0.05, 0.1) is 18.6 Å². The Labute approximate surface area is 182 Å². The molecule has 9 nitrogen and oxygen atoms in total. The summed E-state index contributed by atoms with van der Waals surface area (Å²) in [6.07, 6.45) is 2.28. The summed E-state index contributed by atoms with van der Waals surface area (Å²) in [5.41, 5.74) is 0.611. The maximum absolute atomic E-state index is 13.3. The Bertz CT molecular complexity index is 814. The van der Waals surface area contributed by atoms with Crippen LogP contribution in [0.2, 0.25) is 0 Å². The van der Waals surface area contributed by atoms with Crippen molar-refractivity contribution in [3.8, 4) is 5.75 Å². The second kappa shape index (κ2) is 10.1. The zero-order valence-electron chi connectivity index (χ0n) is 18.0. The first-order chi connectivity index (χ1) is 14.8. The summed E-state index contributed by atoms with van der Waals surface area (Å²) in [5.74, 6) is -1.97. The van der Waals surface area contributed by atoms with Gasteiger partial charge in [-0.2, -0.15) is 0 Å². The molecule has 0 radical (unpaired) electrons. The maximum atomic E-state index is 13.3. The molecule has 2 aliphatic heterocycles. The number of benzene rings is 1. The lowest BCUT2D eigenvalue weighted by molar-refractivity contribution is -0.150. The van der Waals surface area contributed by atoms with E-state index in [0.29, 0.717) is 17.7 Å². The number of aliphatic hydroxyl groups excluding tert-OH is 1. The van der Waals surface area contributed by atoms with E-state index in [0.717, 1.165) is 19.4 Å². The first-order valence-corrected chi connectivity index (χ1v) is 10.7. The summed E-state index contributed by atoms with van der Waals surface area (Å²) in [4.78, 5) is 41.7. The van der Waals surface area contributed by atoms with Gasteiger partial charge in [-0.25, -0.2) is 0 Å². The number of carbonyl (C=O) groups is 3. The lowest BCUT2D eigenvalue weighted by Crippen LogP contribution is -2.61. The van der Waals surface area contributed by atoms with Crippen molar-refractivity contribution in [2.24, 2.45) is 5.92 Å². The van der Waals surface area contributed by atoms with Crippen LogP contribution in [0.15, 0.2) is 24.3 Å². The van der Waals surface area contributed by atoms with E-state index in [1.54, 1.807) is 24.3 Å². The number of hydrogen-bond acceptors (Lipinski definition) is 6. The average molecular weight is 434 g/mol. The molecule has 2 fully saturated rings. The van der Waals surface area contributed by atoms with Crippen molar-refractivity contribution in [1.29, 1.82) is 0 Å². The van der Waals surface area contributed by atoms with Gasteiger partial charge in [-0.1, -0.05) is 12.1 Å². The predicted octanol–water partition coefficient (Wildman–Crippen LogP) is 0.631. The highest BCUT2D eigenvalue weighted by Crippen LogP contribution is 2.44. The van der Waals surface area contributed by atoms with Crippen LogP contribution in [0.3, 0.4) is 0 Å². The summed E-state index contributed by atoms with van der Waals surface area (Å²) in [7, 11) is 3.97. The van der Waals surface area contributed by atoms with Crippen LogP contribution in [-0.4, -0.2) is 83.7 Å². The zero-order chi connectivity index (χ0) is 22.5. The minimum Gasteiger partial charge on any atom is -0.491 e. The third-order valence-electron chi connectivity index (χ3n) is 5.89. The fourth-order valence-corrected chi connectivity index (χ4v) is 4.46. The van der Waals surface area contributed by atoms with Crippen molar-refractivity contribution in [3.63, 3.8) is 0 Å². The highest BCUT2D eigenvalue weighted by Gasteiger charge is 2.54. The fraction of sp³-hybridized carbons (Fsp3) is 0.591. The van der Waals surface area contributed by atoms with Gasteiger partial charge in [0.1, 0.15) is 24.4 Å².